The summed E-state index contributed by atoms with van der Waals surface area (Å²) in [4.78, 5) is 30.6. The maximum absolute atomic E-state index is 12.7. The predicted octanol–water partition coefficient (Wildman–Crippen LogP) is 2.08. The van der Waals surface area contributed by atoms with Gasteiger partial charge in [-0.3, -0.25) is 9.59 Å². The van der Waals surface area contributed by atoms with Gasteiger partial charge >= 0.3 is 0 Å². The quantitative estimate of drug-likeness (QED) is 0.797. The molecule has 0 saturated carbocycles. The molecular formula is C19H20ClN3O4S. The zero-order chi connectivity index (χ0) is 20.5. The molecule has 0 aliphatic carbocycles. The minimum absolute atomic E-state index is 0.0365. The lowest BCUT2D eigenvalue weighted by Gasteiger charge is -2.48. The monoisotopic (exact) mass is 421 g/mol. The number of nitrogens with one attached hydrogen (secondary N) is 1. The van der Waals surface area contributed by atoms with Crippen LogP contribution in [-0.4, -0.2) is 42.2 Å². The number of benzene rings is 1. The summed E-state index contributed by atoms with van der Waals surface area (Å²) in [5.74, 6) is -1.04. The van der Waals surface area contributed by atoms with Crippen molar-refractivity contribution in [2.24, 2.45) is 0 Å². The van der Waals surface area contributed by atoms with Gasteiger partial charge in [0.2, 0.25) is 5.91 Å². The highest BCUT2D eigenvalue weighted by atomic mass is 35.5. The van der Waals surface area contributed by atoms with Gasteiger partial charge in [-0.25, -0.2) is 9.71 Å². The van der Waals surface area contributed by atoms with Crippen LogP contribution in [-0.2, 0) is 26.0 Å². The molecule has 7 nitrogen and oxygen atoms in total. The zero-order valence-electron chi connectivity index (χ0n) is 15.5. The van der Waals surface area contributed by atoms with Gasteiger partial charge in [-0.05, 0) is 43.5 Å². The van der Waals surface area contributed by atoms with E-state index in [2.05, 4.69) is 4.98 Å². The van der Waals surface area contributed by atoms with E-state index in [9.17, 15) is 18.0 Å². The van der Waals surface area contributed by atoms with E-state index in [1.807, 2.05) is 4.72 Å². The largest absolute Gasteiger partial charge is 0.328 e. The Balaban J connectivity index is 1.73. The van der Waals surface area contributed by atoms with Crippen LogP contribution in [0.4, 0.5) is 0 Å². The highest BCUT2D eigenvalue weighted by Gasteiger charge is 2.50. The van der Waals surface area contributed by atoms with Crippen LogP contribution in [0.2, 0.25) is 5.02 Å². The van der Waals surface area contributed by atoms with Crippen molar-refractivity contribution in [2.45, 2.75) is 37.3 Å². The lowest BCUT2D eigenvalue weighted by molar-refractivity contribution is -0.156. The number of amides is 2. The number of hydrogen-bond acceptors (Lipinski definition) is 5. The second-order valence-corrected chi connectivity index (χ2v) is 8.98. The third-order valence-corrected chi connectivity index (χ3v) is 6.51. The number of halogens is 1. The Kier molecular flexibility index (Phi) is 5.45. The summed E-state index contributed by atoms with van der Waals surface area (Å²) in [5, 5.41) is 0.221. The van der Waals surface area contributed by atoms with Crippen LogP contribution in [0.15, 0.2) is 47.6 Å². The summed E-state index contributed by atoms with van der Waals surface area (Å²) in [5.41, 5.74) is 0.212. The molecule has 9 heteroatoms. The summed E-state index contributed by atoms with van der Waals surface area (Å²) in [6.45, 7) is 3.70. The predicted molar refractivity (Wildman–Crippen MR) is 104 cm³/mol. The summed E-state index contributed by atoms with van der Waals surface area (Å²) < 4.78 is 26.9. The smallest absolute Gasteiger partial charge is 0.281 e. The maximum Gasteiger partial charge on any atom is 0.281 e. The van der Waals surface area contributed by atoms with Crippen molar-refractivity contribution in [3.8, 4) is 0 Å². The molecule has 1 aliphatic heterocycles. The standard InChI is InChI=1S/C19H20ClN3O4S/c1-13-7-8-16(21-12-13)28(26,27)22-18(25)19(2)9-10-23(19)17(24)11-14-5-3-4-6-15(14)20/h3-8,12H,9-11H2,1-2H3,(H,22,25). The molecule has 1 atom stereocenters. The van der Waals surface area contributed by atoms with Gasteiger partial charge in [-0.15, -0.1) is 0 Å². The number of aryl methyl sites for hydroxylation is 1. The van der Waals surface area contributed by atoms with E-state index in [4.69, 9.17) is 11.6 Å². The average molecular weight is 422 g/mol. The normalized spacial score (nSPS) is 19.0. The Labute approximate surface area is 168 Å². The van der Waals surface area contributed by atoms with Gasteiger partial charge in [0.25, 0.3) is 15.9 Å². The molecule has 148 valence electrons. The van der Waals surface area contributed by atoms with Gasteiger partial charge in [-0.1, -0.05) is 35.9 Å². The van der Waals surface area contributed by atoms with Gasteiger partial charge in [-0.2, -0.15) is 8.42 Å². The SMILES string of the molecule is Cc1ccc(S(=O)(=O)NC(=O)C2(C)CCN2C(=O)Cc2ccccc2Cl)nc1. The van der Waals surface area contributed by atoms with E-state index >= 15 is 0 Å². The van der Waals surface area contributed by atoms with Crippen molar-refractivity contribution >= 4 is 33.4 Å². The van der Waals surface area contributed by atoms with Crippen LogP contribution < -0.4 is 4.72 Å². The van der Waals surface area contributed by atoms with Crippen LogP contribution in [0, 0.1) is 6.92 Å². The molecule has 1 saturated heterocycles. The van der Waals surface area contributed by atoms with Crippen molar-refractivity contribution in [1.29, 1.82) is 0 Å². The Hall–Kier alpha value is -2.45. The maximum atomic E-state index is 12.7. The molecule has 1 aromatic carbocycles. The van der Waals surface area contributed by atoms with E-state index in [0.717, 1.165) is 5.56 Å². The van der Waals surface area contributed by atoms with Crippen LogP contribution in [0.3, 0.4) is 0 Å². The minimum Gasteiger partial charge on any atom is -0.328 e. The number of aromatic nitrogens is 1. The highest BCUT2D eigenvalue weighted by molar-refractivity contribution is 7.90. The van der Waals surface area contributed by atoms with Gasteiger partial charge in [0.15, 0.2) is 5.03 Å². The molecule has 1 unspecified atom stereocenters. The molecule has 1 aromatic heterocycles. The molecule has 0 radical (unpaired) electrons. The average Bonchev–Trinajstić information content (AvgIpc) is 2.62. The first-order chi connectivity index (χ1) is 13.1. The van der Waals surface area contributed by atoms with Gasteiger partial charge in [0, 0.05) is 17.8 Å². The van der Waals surface area contributed by atoms with Crippen LogP contribution in [0.5, 0.6) is 0 Å². The number of hydrogen-bond donors (Lipinski definition) is 1. The van der Waals surface area contributed by atoms with E-state index < -0.39 is 21.5 Å². The first kappa shape index (κ1) is 20.3. The lowest BCUT2D eigenvalue weighted by atomic mass is 9.85. The lowest BCUT2D eigenvalue weighted by Crippen LogP contribution is -2.68. The van der Waals surface area contributed by atoms with Gasteiger partial charge in [0.1, 0.15) is 5.54 Å². The third-order valence-electron chi connectivity index (χ3n) is 4.89. The molecule has 2 aromatic rings. The van der Waals surface area contributed by atoms with Crippen molar-refractivity contribution in [1.82, 2.24) is 14.6 Å². The van der Waals surface area contributed by atoms with Crippen LogP contribution in [0.1, 0.15) is 24.5 Å². The molecule has 3 rings (SSSR count). The summed E-state index contributed by atoms with van der Waals surface area (Å²) >= 11 is 6.10. The Morgan fingerprint density at radius 1 is 1.25 bits per heavy atom. The topological polar surface area (TPSA) is 96.4 Å². The Morgan fingerprint density at radius 2 is 1.96 bits per heavy atom. The number of likely N-dealkylation sites (tertiary alicyclic amines) is 1. The Morgan fingerprint density at radius 3 is 2.54 bits per heavy atom. The fourth-order valence-electron chi connectivity index (χ4n) is 2.99. The molecule has 1 aliphatic rings. The number of rotatable bonds is 5. The molecular weight excluding hydrogens is 402 g/mol. The summed E-state index contributed by atoms with van der Waals surface area (Å²) in [6.07, 6.45) is 1.81. The van der Waals surface area contributed by atoms with Gasteiger partial charge in [0.05, 0.1) is 6.42 Å². The Bertz CT molecular complexity index is 1020. The number of pyridine rings is 1. The van der Waals surface area contributed by atoms with Crippen molar-refractivity contribution < 1.29 is 18.0 Å². The van der Waals surface area contributed by atoms with E-state index in [1.165, 1.54) is 17.2 Å². The third kappa shape index (κ3) is 3.88. The fraction of sp³-hybridized carbons (Fsp3) is 0.316. The van der Waals surface area contributed by atoms with Crippen LogP contribution in [0.25, 0.3) is 0 Å². The van der Waals surface area contributed by atoms with Crippen molar-refractivity contribution in [3.05, 3.63) is 58.7 Å². The highest BCUT2D eigenvalue weighted by Crippen LogP contribution is 2.32. The number of sulfonamides is 1. The molecule has 1 fully saturated rings. The number of carbonyl (C=O) groups is 2. The fourth-order valence-corrected chi connectivity index (χ4v) is 4.20. The first-order valence-electron chi connectivity index (χ1n) is 8.67. The van der Waals surface area contributed by atoms with Gasteiger partial charge < -0.3 is 4.90 Å². The molecule has 2 amide bonds. The van der Waals surface area contributed by atoms with Crippen molar-refractivity contribution in [3.63, 3.8) is 0 Å². The molecule has 2 heterocycles. The van der Waals surface area contributed by atoms with E-state index in [-0.39, 0.29) is 17.4 Å². The second kappa shape index (κ2) is 7.52. The van der Waals surface area contributed by atoms with E-state index in [0.29, 0.717) is 23.6 Å². The second-order valence-electron chi connectivity index (χ2n) is 6.95. The minimum atomic E-state index is -4.12. The molecule has 0 spiro atoms. The zero-order valence-corrected chi connectivity index (χ0v) is 17.0. The molecule has 1 N–H and O–H groups in total. The number of nitrogens with zero attached hydrogens (tertiary/aromatic N) is 2. The summed E-state index contributed by atoms with van der Waals surface area (Å²) in [6, 6.07) is 9.89. The van der Waals surface area contributed by atoms with Crippen LogP contribution >= 0.6 is 11.6 Å². The molecule has 28 heavy (non-hydrogen) atoms. The first-order valence-corrected chi connectivity index (χ1v) is 10.5. The number of carbonyl (C=O) groups excluding carboxylic acids is 2. The molecule has 0 bridgehead atoms. The van der Waals surface area contributed by atoms with E-state index in [1.54, 1.807) is 44.2 Å². The van der Waals surface area contributed by atoms with Crippen molar-refractivity contribution in [2.75, 3.05) is 6.54 Å². The summed E-state index contributed by atoms with van der Waals surface area (Å²) in [7, 11) is -4.12.